The SMILES string of the molecule is C=CCn1c(SC(C)C(=O)N2CCNC2=O)nc2sc(-c3ccccc3)cc2c1=O. The van der Waals surface area contributed by atoms with Gasteiger partial charge in [-0.2, -0.15) is 0 Å². The minimum absolute atomic E-state index is 0.167. The summed E-state index contributed by atoms with van der Waals surface area (Å²) in [6.07, 6.45) is 1.63. The molecular weight excluding hydrogens is 420 g/mol. The van der Waals surface area contributed by atoms with Crippen molar-refractivity contribution in [3.8, 4) is 10.4 Å². The summed E-state index contributed by atoms with van der Waals surface area (Å²) in [6, 6.07) is 11.3. The Kier molecular flexibility index (Phi) is 5.74. The predicted molar refractivity (Wildman–Crippen MR) is 120 cm³/mol. The highest BCUT2D eigenvalue weighted by molar-refractivity contribution is 8.00. The molecule has 9 heteroatoms. The molecule has 0 aliphatic carbocycles. The molecule has 1 atom stereocenters. The van der Waals surface area contributed by atoms with Crippen LogP contribution in [0.25, 0.3) is 20.7 Å². The molecule has 2 aromatic heterocycles. The Morgan fingerprint density at radius 3 is 2.80 bits per heavy atom. The number of aromatic nitrogens is 2. The maximum Gasteiger partial charge on any atom is 0.324 e. The number of hydrogen-bond donors (Lipinski definition) is 1. The molecule has 154 valence electrons. The van der Waals surface area contributed by atoms with Crippen LogP contribution < -0.4 is 10.9 Å². The third kappa shape index (κ3) is 3.78. The number of benzene rings is 1. The zero-order valence-electron chi connectivity index (χ0n) is 16.3. The monoisotopic (exact) mass is 440 g/mol. The number of fused-ring (bicyclic) bond motifs is 1. The van der Waals surface area contributed by atoms with E-state index in [0.717, 1.165) is 10.4 Å². The minimum atomic E-state index is -0.567. The number of thiophene rings is 1. The minimum Gasteiger partial charge on any atom is -0.336 e. The van der Waals surface area contributed by atoms with E-state index < -0.39 is 5.25 Å². The number of allylic oxidation sites excluding steroid dienone is 1. The van der Waals surface area contributed by atoms with E-state index in [1.165, 1.54) is 32.6 Å². The molecule has 1 unspecified atom stereocenters. The van der Waals surface area contributed by atoms with E-state index in [4.69, 9.17) is 4.98 Å². The van der Waals surface area contributed by atoms with Crippen molar-refractivity contribution in [3.05, 3.63) is 59.4 Å². The van der Waals surface area contributed by atoms with Gasteiger partial charge in [-0.05, 0) is 18.6 Å². The van der Waals surface area contributed by atoms with E-state index in [1.54, 1.807) is 13.0 Å². The van der Waals surface area contributed by atoms with Gasteiger partial charge in [0.05, 0.1) is 10.6 Å². The second kappa shape index (κ2) is 8.45. The molecule has 1 aliphatic rings. The lowest BCUT2D eigenvalue weighted by atomic mass is 10.2. The first kappa shape index (κ1) is 20.4. The molecule has 1 N–H and O–H groups in total. The fourth-order valence-electron chi connectivity index (χ4n) is 3.23. The highest BCUT2D eigenvalue weighted by Gasteiger charge is 2.31. The molecular formula is C21H20N4O3S2. The lowest BCUT2D eigenvalue weighted by molar-refractivity contribution is -0.126. The summed E-state index contributed by atoms with van der Waals surface area (Å²) in [5.74, 6) is -0.300. The summed E-state index contributed by atoms with van der Waals surface area (Å²) >= 11 is 2.62. The highest BCUT2D eigenvalue weighted by Crippen LogP contribution is 2.33. The smallest absolute Gasteiger partial charge is 0.324 e. The largest absolute Gasteiger partial charge is 0.336 e. The van der Waals surface area contributed by atoms with Crippen LogP contribution in [0.15, 0.2) is 59.0 Å². The van der Waals surface area contributed by atoms with E-state index in [2.05, 4.69) is 11.9 Å². The van der Waals surface area contributed by atoms with Gasteiger partial charge in [-0.25, -0.2) is 9.78 Å². The van der Waals surface area contributed by atoms with Crippen LogP contribution in [0.4, 0.5) is 4.79 Å². The van der Waals surface area contributed by atoms with Crippen LogP contribution in [0.1, 0.15) is 6.92 Å². The lowest BCUT2D eigenvalue weighted by Crippen LogP contribution is -2.39. The standard InChI is InChI=1S/C21H20N4O3S2/c1-3-10-25-19(27)15-12-16(14-7-5-4-6-8-14)30-17(15)23-21(25)29-13(2)18(26)24-11-9-22-20(24)28/h3-8,12-13H,1,9-11H2,2H3,(H,22,28). The average molecular weight is 441 g/mol. The number of rotatable bonds is 6. The first-order valence-electron chi connectivity index (χ1n) is 9.46. The van der Waals surface area contributed by atoms with Crippen molar-refractivity contribution in [2.24, 2.45) is 0 Å². The summed E-state index contributed by atoms with van der Waals surface area (Å²) in [7, 11) is 0. The van der Waals surface area contributed by atoms with E-state index in [-0.39, 0.29) is 24.0 Å². The van der Waals surface area contributed by atoms with Crippen molar-refractivity contribution in [1.29, 1.82) is 0 Å². The molecule has 3 amide bonds. The van der Waals surface area contributed by atoms with Crippen LogP contribution in [0.5, 0.6) is 0 Å². The van der Waals surface area contributed by atoms with Gasteiger partial charge in [-0.1, -0.05) is 48.2 Å². The third-order valence-corrected chi connectivity index (χ3v) is 6.89. The number of carbonyl (C=O) groups is 2. The van der Waals surface area contributed by atoms with Gasteiger partial charge < -0.3 is 5.32 Å². The quantitative estimate of drug-likeness (QED) is 0.361. The van der Waals surface area contributed by atoms with Crippen molar-refractivity contribution in [2.45, 2.75) is 23.9 Å². The molecule has 3 heterocycles. The number of thioether (sulfide) groups is 1. The van der Waals surface area contributed by atoms with Crippen LogP contribution in [0, 0.1) is 0 Å². The number of nitrogens with one attached hydrogen (secondary N) is 1. The normalized spacial score (nSPS) is 14.7. The predicted octanol–water partition coefficient (Wildman–Crippen LogP) is 3.34. The van der Waals surface area contributed by atoms with Gasteiger partial charge in [0.25, 0.3) is 5.56 Å². The van der Waals surface area contributed by atoms with Crippen molar-refractivity contribution in [2.75, 3.05) is 13.1 Å². The second-order valence-corrected chi connectivity index (χ2v) is 9.11. The number of hydrogen-bond acceptors (Lipinski definition) is 6. The Hall–Kier alpha value is -2.91. The van der Waals surface area contributed by atoms with Gasteiger partial charge >= 0.3 is 6.03 Å². The second-order valence-electron chi connectivity index (χ2n) is 6.78. The zero-order chi connectivity index (χ0) is 21.3. The molecule has 4 rings (SSSR count). The molecule has 30 heavy (non-hydrogen) atoms. The molecule has 3 aromatic rings. The molecule has 0 saturated carbocycles. The maximum atomic E-state index is 13.2. The number of imide groups is 1. The van der Waals surface area contributed by atoms with Crippen molar-refractivity contribution < 1.29 is 9.59 Å². The van der Waals surface area contributed by atoms with E-state index in [9.17, 15) is 14.4 Å². The maximum absolute atomic E-state index is 13.2. The summed E-state index contributed by atoms with van der Waals surface area (Å²) < 4.78 is 1.52. The van der Waals surface area contributed by atoms with Crippen LogP contribution >= 0.6 is 23.1 Å². The first-order chi connectivity index (χ1) is 14.5. The average Bonchev–Trinajstić information content (AvgIpc) is 3.37. The van der Waals surface area contributed by atoms with Crippen molar-refractivity contribution in [1.82, 2.24) is 19.8 Å². The number of urea groups is 1. The molecule has 7 nitrogen and oxygen atoms in total. The third-order valence-electron chi connectivity index (χ3n) is 4.74. The Labute approximate surface area is 181 Å². The lowest BCUT2D eigenvalue weighted by Gasteiger charge is -2.18. The molecule has 1 fully saturated rings. The number of amides is 3. The van der Waals surface area contributed by atoms with Crippen LogP contribution in [-0.2, 0) is 11.3 Å². The molecule has 0 radical (unpaired) electrons. The van der Waals surface area contributed by atoms with Crippen molar-refractivity contribution in [3.63, 3.8) is 0 Å². The Morgan fingerprint density at radius 1 is 1.37 bits per heavy atom. The van der Waals surface area contributed by atoms with Gasteiger partial charge in [0.15, 0.2) is 5.16 Å². The fourth-order valence-corrected chi connectivity index (χ4v) is 5.29. The van der Waals surface area contributed by atoms with Crippen molar-refractivity contribution >= 4 is 45.3 Å². The van der Waals surface area contributed by atoms with Crippen LogP contribution in [0.2, 0.25) is 0 Å². The summed E-state index contributed by atoms with van der Waals surface area (Å²) in [4.78, 5) is 45.1. The van der Waals surface area contributed by atoms with Gasteiger partial charge in [0, 0.05) is 24.5 Å². The van der Waals surface area contributed by atoms with E-state index >= 15 is 0 Å². The summed E-state index contributed by atoms with van der Waals surface area (Å²) in [5, 5.41) is 3.04. The van der Waals surface area contributed by atoms with Gasteiger partial charge in [0.1, 0.15) is 4.83 Å². The fraction of sp³-hybridized carbons (Fsp3) is 0.238. The molecule has 0 spiro atoms. The Balaban J connectivity index is 1.72. The summed E-state index contributed by atoms with van der Waals surface area (Å²) in [6.45, 7) is 6.54. The number of carbonyl (C=O) groups excluding carboxylic acids is 2. The summed E-state index contributed by atoms with van der Waals surface area (Å²) in [5.41, 5.74) is 0.854. The first-order valence-corrected chi connectivity index (χ1v) is 11.2. The van der Waals surface area contributed by atoms with Gasteiger partial charge in [-0.15, -0.1) is 17.9 Å². The van der Waals surface area contributed by atoms with E-state index in [1.807, 2.05) is 36.4 Å². The molecule has 1 aliphatic heterocycles. The van der Waals surface area contributed by atoms with Gasteiger partial charge in [-0.3, -0.25) is 19.1 Å². The van der Waals surface area contributed by atoms with Gasteiger partial charge in [0.2, 0.25) is 5.91 Å². The Morgan fingerprint density at radius 2 is 2.13 bits per heavy atom. The number of nitrogens with zero attached hydrogens (tertiary/aromatic N) is 3. The van der Waals surface area contributed by atoms with Crippen LogP contribution in [-0.4, -0.2) is 44.7 Å². The molecule has 1 saturated heterocycles. The zero-order valence-corrected chi connectivity index (χ0v) is 18.0. The Bertz CT molecular complexity index is 1190. The van der Waals surface area contributed by atoms with Crippen LogP contribution in [0.3, 0.4) is 0 Å². The topological polar surface area (TPSA) is 84.3 Å². The molecule has 0 bridgehead atoms. The van der Waals surface area contributed by atoms with E-state index in [0.29, 0.717) is 28.5 Å². The highest BCUT2D eigenvalue weighted by atomic mass is 32.2. The molecule has 1 aromatic carbocycles.